The van der Waals surface area contributed by atoms with Gasteiger partial charge in [0.1, 0.15) is 52.4 Å². The van der Waals surface area contributed by atoms with Crippen LogP contribution in [0.1, 0.15) is 412 Å². The molecule has 14 atom stereocenters. The molecule has 794 valence electrons. The van der Waals surface area contributed by atoms with Gasteiger partial charge in [-0.15, -0.1) is 0 Å². The molecule has 2 saturated heterocycles. The van der Waals surface area contributed by atoms with Crippen LogP contribution in [0, 0.1) is 154 Å². The molecule has 0 spiro atoms. The summed E-state index contributed by atoms with van der Waals surface area (Å²) < 4.78 is 61.1. The van der Waals surface area contributed by atoms with Crippen LogP contribution in [0.3, 0.4) is 0 Å². The molecule has 14 unspecified atom stereocenters. The highest BCUT2D eigenvalue weighted by atomic mass is 16.6. The van der Waals surface area contributed by atoms with E-state index < -0.39 is 124 Å². The number of hydrogen-bond donors (Lipinski definition) is 4. The minimum absolute atomic E-state index is 0.0185. The van der Waals surface area contributed by atoms with Crippen molar-refractivity contribution in [2.24, 2.45) is 131 Å². The number of rotatable bonds is 27. The summed E-state index contributed by atoms with van der Waals surface area (Å²) in [6.07, 6.45) is 28.3. The molecule has 4 N–H and O–H groups in total. The summed E-state index contributed by atoms with van der Waals surface area (Å²) in [7, 11) is 0. The standard InChI is InChI=1S/C21H34O4.C17H28O2.2C16H26O4.2C15H19NO4.C13H24O4/c1-6-19(2,3)18(23)24-13-17(22)25-20(4,5)21-10-14-7-15(11-21)9-16(8-14)12-21;1-5-16(2,3)15(18)19-17(4)13-7-11-6-12(9-13)10-14(17)8-11;2*1-4-13(2,3)12(17)20-16-7-11-5-14(18,9-16)8-15(19,6-11)10-16;2*1-4-14(2,3)12(17)19-10-8-5-9-11(10)20-13(18)15(9,6-8)7-16;1-7-12(3,4)11(15)16-9-10(14)17-13(5,6)8-2/h14-16H,6-13H2,1-5H3;11-14H,5-10H2,1-4H3;2*11,18-19H,4-10H2,1-3H3;2*8-11H,4-6H2,1-3H3;7-9H2,1-6H3. The molecule has 28 heteroatoms. The van der Waals surface area contributed by atoms with Crippen molar-refractivity contribution in [3.05, 3.63) is 0 Å². The van der Waals surface area contributed by atoms with E-state index in [-0.39, 0.29) is 119 Å². The van der Waals surface area contributed by atoms with Crippen molar-refractivity contribution in [2.45, 2.75) is 486 Å². The fourth-order valence-electron chi connectivity index (χ4n) is 28.5. The Bertz CT molecular complexity index is 4490. The Morgan fingerprint density at radius 3 is 0.936 bits per heavy atom. The molecule has 28 nitrogen and oxygen atoms in total. The molecule has 22 aliphatic rings. The summed E-state index contributed by atoms with van der Waals surface area (Å²) in [6.45, 7) is 51.3. The molecule has 20 bridgehead atoms. The molecule has 22 fully saturated rings. The molecular formula is C113H176N2O26. The van der Waals surface area contributed by atoms with Crippen LogP contribution in [0.5, 0.6) is 0 Å². The molecule has 2 aliphatic heterocycles. The van der Waals surface area contributed by atoms with Gasteiger partial charge in [-0.1, -0.05) is 55.4 Å². The van der Waals surface area contributed by atoms with E-state index in [1.165, 1.54) is 70.6 Å². The maximum Gasteiger partial charge on any atom is 0.344 e. The van der Waals surface area contributed by atoms with Crippen molar-refractivity contribution in [3.8, 4) is 12.1 Å². The number of aliphatic hydroxyl groups is 4. The second kappa shape index (κ2) is 39.9. The first kappa shape index (κ1) is 113. The lowest BCUT2D eigenvalue weighted by atomic mass is 9.46. The van der Waals surface area contributed by atoms with Gasteiger partial charge in [0, 0.05) is 67.6 Å². The molecule has 0 aromatic heterocycles. The van der Waals surface area contributed by atoms with Gasteiger partial charge in [0.2, 0.25) is 0 Å². The third kappa shape index (κ3) is 22.9. The van der Waals surface area contributed by atoms with Crippen LogP contribution in [0.2, 0.25) is 0 Å². The normalized spacial score (nSPS) is 38.4. The minimum Gasteiger partial charge on any atom is -0.458 e. The van der Waals surface area contributed by atoms with E-state index in [4.69, 9.17) is 52.1 Å². The highest BCUT2D eigenvalue weighted by Crippen LogP contribution is 2.69. The largest absolute Gasteiger partial charge is 0.458 e. The summed E-state index contributed by atoms with van der Waals surface area (Å²) in [4.78, 5) is 133. The second-order valence-electron chi connectivity index (χ2n) is 53.8. The average molecular weight is 1980 g/mol. The van der Waals surface area contributed by atoms with E-state index in [1.807, 2.05) is 145 Å². The quantitative estimate of drug-likeness (QED) is 0.0438. The number of nitriles is 2. The van der Waals surface area contributed by atoms with Crippen LogP contribution in [0.15, 0.2) is 0 Å². The van der Waals surface area contributed by atoms with Crippen molar-refractivity contribution in [3.63, 3.8) is 0 Å². The van der Waals surface area contributed by atoms with E-state index in [2.05, 4.69) is 39.8 Å². The maximum atomic E-state index is 12.5. The van der Waals surface area contributed by atoms with Crippen molar-refractivity contribution in [1.82, 2.24) is 0 Å². The predicted octanol–water partition coefficient (Wildman–Crippen LogP) is 19.3. The molecule has 0 radical (unpaired) electrons. The van der Waals surface area contributed by atoms with Gasteiger partial charge in [-0.2, -0.15) is 10.5 Å². The molecule has 0 amide bonds. The van der Waals surface area contributed by atoms with Gasteiger partial charge in [0.05, 0.1) is 72.4 Å². The Hall–Kier alpha value is -7.01. The Morgan fingerprint density at radius 1 is 0.348 bits per heavy atom. The fourth-order valence-corrected chi connectivity index (χ4v) is 28.5. The molecule has 20 saturated carbocycles. The monoisotopic (exact) mass is 1980 g/mol. The van der Waals surface area contributed by atoms with Gasteiger partial charge < -0.3 is 72.5 Å². The maximum absolute atomic E-state index is 12.5. The molecule has 0 aromatic carbocycles. The first-order chi connectivity index (χ1) is 65.0. The zero-order chi connectivity index (χ0) is 105. The van der Waals surface area contributed by atoms with E-state index in [0.717, 1.165) is 100 Å². The van der Waals surface area contributed by atoms with E-state index in [0.29, 0.717) is 95.3 Å². The number of carbonyl (C=O) groups is 11. The summed E-state index contributed by atoms with van der Waals surface area (Å²) in [6, 6.07) is 4.30. The molecule has 22 rings (SSSR count). The zero-order valence-electron chi connectivity index (χ0n) is 90.6. The third-order valence-corrected chi connectivity index (χ3v) is 39.2. The lowest BCUT2D eigenvalue weighted by Crippen LogP contribution is -2.67. The number of carbonyl (C=O) groups excluding carboxylic acids is 11. The first-order valence-electron chi connectivity index (χ1n) is 54.0. The van der Waals surface area contributed by atoms with Crippen LogP contribution in [-0.2, 0) is 105 Å². The van der Waals surface area contributed by atoms with Crippen LogP contribution < -0.4 is 0 Å². The first-order valence-corrected chi connectivity index (χ1v) is 54.0. The Labute approximate surface area is 840 Å². The van der Waals surface area contributed by atoms with Gasteiger partial charge in [-0.25, -0.2) is 9.59 Å². The summed E-state index contributed by atoms with van der Waals surface area (Å²) in [5.74, 6) is 2.69. The molecule has 2 heterocycles. The molecular weight excluding hydrogens is 1800 g/mol. The van der Waals surface area contributed by atoms with Gasteiger partial charge >= 0.3 is 65.7 Å². The molecule has 20 aliphatic carbocycles. The van der Waals surface area contributed by atoms with Crippen LogP contribution in [-0.4, -0.2) is 174 Å². The van der Waals surface area contributed by atoms with Crippen molar-refractivity contribution in [1.29, 1.82) is 10.5 Å². The lowest BCUT2D eigenvalue weighted by molar-refractivity contribution is -0.265. The Morgan fingerprint density at radius 2 is 0.638 bits per heavy atom. The number of hydrogen-bond acceptors (Lipinski definition) is 28. The molecule has 0 aromatic rings. The van der Waals surface area contributed by atoms with Gasteiger partial charge in [-0.05, 0) is 371 Å². The number of nitrogens with zero attached hydrogens (tertiary/aromatic N) is 2. The highest BCUT2D eigenvalue weighted by molar-refractivity contribution is 5.86. The third-order valence-electron chi connectivity index (χ3n) is 39.2. The van der Waals surface area contributed by atoms with Crippen LogP contribution in [0.4, 0.5) is 0 Å². The number of esters is 11. The number of ether oxygens (including phenoxy) is 11. The van der Waals surface area contributed by atoms with Gasteiger partial charge in [-0.3, -0.25) is 43.2 Å². The zero-order valence-corrected chi connectivity index (χ0v) is 90.6. The van der Waals surface area contributed by atoms with Crippen LogP contribution in [0.25, 0.3) is 0 Å². The van der Waals surface area contributed by atoms with E-state index in [9.17, 15) is 83.7 Å². The Kier molecular flexibility index (Phi) is 31.9. The lowest BCUT2D eigenvalue weighted by Gasteiger charge is -2.62. The molecule has 141 heavy (non-hydrogen) atoms. The SMILES string of the molecule is CCC(C)(C)C(=O)OC1(C)C2CC3CC(C2)CC1C3.CCC(C)(C)C(=O)OC12CC3CC(O)(CC(O)(C3)C1)C2.CCC(C)(C)C(=O)OC12CC3CC(O)(CC(O)(C3)C1)C2.CCC(C)(C)C(=O)OC1C2CC3C1OC(=O)C3(C#N)C2.CCC(C)(C)C(=O)OC1C2CC3C1OC(=O)C3(C#N)C2.CCC(C)(C)C(=O)OCC(=O)OC(C)(C)C12CC3CC(CC(C3)C1)C2.CCC(C)(C)OC(=O)COC(=O)C(C)(C)CC. The van der Waals surface area contributed by atoms with Crippen molar-refractivity contribution in [2.75, 3.05) is 13.2 Å². The van der Waals surface area contributed by atoms with Crippen molar-refractivity contribution < 1.29 is 125 Å². The summed E-state index contributed by atoms with van der Waals surface area (Å²) in [5, 5.41) is 61.2. The van der Waals surface area contributed by atoms with Crippen LogP contribution >= 0.6 is 0 Å². The Balaban J connectivity index is 0.000000147. The summed E-state index contributed by atoms with van der Waals surface area (Å²) in [5.41, 5.74) is -11.2. The van der Waals surface area contributed by atoms with E-state index >= 15 is 0 Å². The predicted molar refractivity (Wildman–Crippen MR) is 521 cm³/mol. The topological polar surface area (TPSA) is 418 Å². The minimum atomic E-state index is -0.974. The smallest absolute Gasteiger partial charge is 0.344 e. The van der Waals surface area contributed by atoms with Crippen molar-refractivity contribution >= 4 is 65.7 Å². The van der Waals surface area contributed by atoms with Gasteiger partial charge in [0.25, 0.3) is 0 Å². The van der Waals surface area contributed by atoms with Gasteiger partial charge in [0.15, 0.2) is 24.0 Å². The second-order valence-corrected chi connectivity index (χ2v) is 53.8. The van der Waals surface area contributed by atoms with E-state index in [1.54, 1.807) is 13.8 Å². The summed E-state index contributed by atoms with van der Waals surface area (Å²) >= 11 is 0. The highest BCUT2D eigenvalue weighted by Gasteiger charge is 2.75. The number of fused-ring (bicyclic) bond motifs is 2. The average Bonchev–Trinajstić information content (AvgIpc) is 1.65. The fraction of sp³-hybridized carbons (Fsp3) is 0.885.